The molecule has 1 unspecified atom stereocenters. The van der Waals surface area contributed by atoms with E-state index in [2.05, 4.69) is 17.2 Å². The van der Waals surface area contributed by atoms with E-state index in [1.165, 1.54) is 6.42 Å². The Balaban J connectivity index is 2.14. The molecule has 0 radical (unpaired) electrons. The zero-order chi connectivity index (χ0) is 13.0. The Morgan fingerprint density at radius 1 is 1.56 bits per heavy atom. The predicted octanol–water partition coefficient (Wildman–Crippen LogP) is 1.75. The molecule has 1 heterocycles. The summed E-state index contributed by atoms with van der Waals surface area (Å²) in [6, 6.07) is 2.17. The fourth-order valence-corrected chi connectivity index (χ4v) is 2.74. The standard InChI is InChI=1S/C14H23N3O/c1-3-17-13(14(18-2)6-4-7-14)9-11-10-16-8-5-12(11)15/h5,8,10,13,17H,3-4,6-7,9H2,1-2H3,(H2,15,16). The van der Waals surface area contributed by atoms with E-state index in [0.29, 0.717) is 6.04 Å². The Morgan fingerprint density at radius 3 is 2.83 bits per heavy atom. The topological polar surface area (TPSA) is 60.2 Å². The van der Waals surface area contributed by atoms with Crippen LogP contribution in [0.5, 0.6) is 0 Å². The Kier molecular flexibility index (Phi) is 4.19. The number of likely N-dealkylation sites (N-methyl/N-ethyl adjacent to an activating group) is 1. The molecule has 1 aliphatic carbocycles. The summed E-state index contributed by atoms with van der Waals surface area (Å²) in [6.45, 7) is 3.07. The number of hydrogen-bond donors (Lipinski definition) is 2. The highest BCUT2D eigenvalue weighted by Gasteiger charge is 2.44. The van der Waals surface area contributed by atoms with Crippen LogP contribution in [0.1, 0.15) is 31.7 Å². The van der Waals surface area contributed by atoms with Gasteiger partial charge in [-0.15, -0.1) is 0 Å². The first-order valence-corrected chi connectivity index (χ1v) is 6.69. The first-order valence-electron chi connectivity index (χ1n) is 6.69. The minimum absolute atomic E-state index is 0.0156. The smallest absolute Gasteiger partial charge is 0.0834 e. The van der Waals surface area contributed by atoms with E-state index < -0.39 is 0 Å². The molecule has 0 aromatic carbocycles. The number of aromatic nitrogens is 1. The Hall–Kier alpha value is -1.13. The second-order valence-electron chi connectivity index (χ2n) is 5.01. The van der Waals surface area contributed by atoms with Gasteiger partial charge in [-0.2, -0.15) is 0 Å². The number of rotatable bonds is 6. The largest absolute Gasteiger partial charge is 0.398 e. The highest BCUT2D eigenvalue weighted by Crippen LogP contribution is 2.39. The predicted molar refractivity (Wildman–Crippen MR) is 73.4 cm³/mol. The van der Waals surface area contributed by atoms with Crippen LogP contribution in [0.25, 0.3) is 0 Å². The molecule has 100 valence electrons. The van der Waals surface area contributed by atoms with Gasteiger partial charge in [-0.3, -0.25) is 4.98 Å². The first-order chi connectivity index (χ1) is 8.72. The molecule has 0 bridgehead atoms. The summed E-state index contributed by atoms with van der Waals surface area (Å²) in [5.74, 6) is 0. The lowest BCUT2D eigenvalue weighted by Gasteiger charge is -2.47. The third kappa shape index (κ3) is 2.49. The Labute approximate surface area is 109 Å². The molecule has 2 rings (SSSR count). The summed E-state index contributed by atoms with van der Waals surface area (Å²) < 4.78 is 5.78. The van der Waals surface area contributed by atoms with Crippen molar-refractivity contribution in [2.75, 3.05) is 19.4 Å². The highest BCUT2D eigenvalue weighted by molar-refractivity contribution is 5.45. The normalized spacial score (nSPS) is 19.2. The van der Waals surface area contributed by atoms with Crippen LogP contribution >= 0.6 is 0 Å². The number of nitrogen functional groups attached to an aromatic ring is 1. The maximum atomic E-state index is 6.00. The fraction of sp³-hybridized carbons (Fsp3) is 0.643. The molecule has 18 heavy (non-hydrogen) atoms. The van der Waals surface area contributed by atoms with Gasteiger partial charge in [0, 0.05) is 31.2 Å². The Bertz CT molecular complexity index is 385. The highest BCUT2D eigenvalue weighted by atomic mass is 16.5. The third-order valence-electron chi connectivity index (χ3n) is 4.06. The zero-order valence-corrected chi connectivity index (χ0v) is 11.3. The van der Waals surface area contributed by atoms with Crippen LogP contribution in [-0.2, 0) is 11.2 Å². The first kappa shape index (κ1) is 13.3. The lowest BCUT2D eigenvalue weighted by molar-refractivity contribution is -0.0978. The van der Waals surface area contributed by atoms with Crippen molar-refractivity contribution < 1.29 is 4.74 Å². The van der Waals surface area contributed by atoms with E-state index in [9.17, 15) is 0 Å². The number of pyridine rings is 1. The van der Waals surface area contributed by atoms with Crippen molar-refractivity contribution >= 4 is 5.69 Å². The second kappa shape index (κ2) is 5.67. The number of nitrogens with zero attached hydrogens (tertiary/aromatic N) is 1. The molecule has 1 fully saturated rings. The van der Waals surface area contributed by atoms with Crippen LogP contribution in [0, 0.1) is 0 Å². The summed E-state index contributed by atoms with van der Waals surface area (Å²) in [4.78, 5) is 4.16. The zero-order valence-electron chi connectivity index (χ0n) is 11.3. The van der Waals surface area contributed by atoms with Gasteiger partial charge in [-0.05, 0) is 43.9 Å². The fourth-order valence-electron chi connectivity index (χ4n) is 2.74. The summed E-state index contributed by atoms with van der Waals surface area (Å²) in [5.41, 5.74) is 7.91. The number of nitrogens with two attached hydrogens (primary N) is 1. The third-order valence-corrected chi connectivity index (χ3v) is 4.06. The number of hydrogen-bond acceptors (Lipinski definition) is 4. The van der Waals surface area contributed by atoms with E-state index in [1.54, 1.807) is 6.20 Å². The van der Waals surface area contributed by atoms with Gasteiger partial charge in [0.1, 0.15) is 0 Å². The lowest BCUT2D eigenvalue weighted by atomic mass is 9.72. The SMILES string of the molecule is CCNC(Cc1cnccc1N)C1(OC)CCC1. The summed E-state index contributed by atoms with van der Waals surface area (Å²) in [6.07, 6.45) is 7.97. The maximum Gasteiger partial charge on any atom is 0.0834 e. The van der Waals surface area contributed by atoms with Crippen LogP contribution in [0.3, 0.4) is 0 Å². The van der Waals surface area contributed by atoms with Crippen LogP contribution in [0.2, 0.25) is 0 Å². The van der Waals surface area contributed by atoms with Gasteiger partial charge in [0.15, 0.2) is 0 Å². The van der Waals surface area contributed by atoms with Crippen molar-refractivity contribution in [3.05, 3.63) is 24.0 Å². The monoisotopic (exact) mass is 249 g/mol. The van der Waals surface area contributed by atoms with Crippen LogP contribution in [0.15, 0.2) is 18.5 Å². The van der Waals surface area contributed by atoms with Gasteiger partial charge in [-0.25, -0.2) is 0 Å². The van der Waals surface area contributed by atoms with E-state index in [-0.39, 0.29) is 5.60 Å². The molecule has 4 heteroatoms. The maximum absolute atomic E-state index is 6.00. The summed E-state index contributed by atoms with van der Waals surface area (Å²) >= 11 is 0. The Morgan fingerprint density at radius 2 is 2.33 bits per heavy atom. The lowest BCUT2D eigenvalue weighted by Crippen LogP contribution is -2.57. The van der Waals surface area contributed by atoms with Gasteiger partial charge in [-0.1, -0.05) is 6.92 Å². The number of nitrogens with one attached hydrogen (secondary N) is 1. The van der Waals surface area contributed by atoms with Crippen LogP contribution in [-0.4, -0.2) is 30.3 Å². The van der Waals surface area contributed by atoms with Crippen molar-refractivity contribution in [2.45, 2.75) is 44.2 Å². The van der Waals surface area contributed by atoms with E-state index in [1.807, 2.05) is 19.4 Å². The quantitative estimate of drug-likeness (QED) is 0.806. The average molecular weight is 249 g/mol. The molecule has 4 nitrogen and oxygen atoms in total. The molecular weight excluding hydrogens is 226 g/mol. The van der Waals surface area contributed by atoms with E-state index >= 15 is 0 Å². The number of anilines is 1. The molecule has 0 aliphatic heterocycles. The van der Waals surface area contributed by atoms with Crippen LogP contribution in [0.4, 0.5) is 5.69 Å². The average Bonchev–Trinajstić information content (AvgIpc) is 2.31. The van der Waals surface area contributed by atoms with Crippen LogP contribution < -0.4 is 11.1 Å². The molecule has 3 N–H and O–H groups in total. The van der Waals surface area contributed by atoms with Crippen molar-refractivity contribution in [1.29, 1.82) is 0 Å². The molecule has 1 aromatic heterocycles. The van der Waals surface area contributed by atoms with Crippen molar-refractivity contribution in [3.63, 3.8) is 0 Å². The molecule has 0 amide bonds. The number of methoxy groups -OCH3 is 1. The summed E-state index contributed by atoms with van der Waals surface area (Å²) in [5, 5.41) is 3.54. The second-order valence-corrected chi connectivity index (χ2v) is 5.01. The van der Waals surface area contributed by atoms with E-state index in [0.717, 1.165) is 37.1 Å². The van der Waals surface area contributed by atoms with Gasteiger partial charge in [0.05, 0.1) is 5.60 Å². The number of ether oxygens (including phenoxy) is 1. The van der Waals surface area contributed by atoms with Crippen molar-refractivity contribution in [3.8, 4) is 0 Å². The molecule has 0 spiro atoms. The molecule has 1 aliphatic rings. The molecule has 1 atom stereocenters. The van der Waals surface area contributed by atoms with Crippen molar-refractivity contribution in [1.82, 2.24) is 10.3 Å². The van der Waals surface area contributed by atoms with E-state index in [4.69, 9.17) is 10.5 Å². The minimum Gasteiger partial charge on any atom is -0.398 e. The minimum atomic E-state index is -0.0156. The van der Waals surface area contributed by atoms with Crippen molar-refractivity contribution in [2.24, 2.45) is 0 Å². The molecule has 1 aromatic rings. The van der Waals surface area contributed by atoms with Gasteiger partial charge >= 0.3 is 0 Å². The molecular formula is C14H23N3O. The summed E-state index contributed by atoms with van der Waals surface area (Å²) in [7, 11) is 1.82. The van der Waals surface area contributed by atoms with Gasteiger partial charge in [0.2, 0.25) is 0 Å². The van der Waals surface area contributed by atoms with Gasteiger partial charge in [0.25, 0.3) is 0 Å². The van der Waals surface area contributed by atoms with Gasteiger partial charge < -0.3 is 15.8 Å². The molecule has 0 saturated heterocycles. The molecule has 1 saturated carbocycles.